The highest BCUT2D eigenvalue weighted by atomic mass is 16.7. The van der Waals surface area contributed by atoms with Gasteiger partial charge in [-0.1, -0.05) is 0 Å². The number of amides is 1. The molecule has 0 unspecified atom stereocenters. The minimum Gasteiger partial charge on any atom is -0.493 e. The van der Waals surface area contributed by atoms with E-state index in [4.69, 9.17) is 28.5 Å². The van der Waals surface area contributed by atoms with Gasteiger partial charge in [0.05, 0.1) is 52.5 Å². The van der Waals surface area contributed by atoms with Crippen molar-refractivity contribution in [3.8, 4) is 28.7 Å². The number of azo groups is 1. The highest BCUT2D eigenvalue weighted by molar-refractivity contribution is 5.95. The Morgan fingerprint density at radius 1 is 0.667 bits per heavy atom. The molecule has 11 nitrogen and oxygen atoms in total. The predicted octanol–water partition coefficient (Wildman–Crippen LogP) is 4.84. The molecular formula is C25H25N3O8. The lowest BCUT2D eigenvalue weighted by molar-refractivity contribution is 0.0595. The molecule has 0 bridgehead atoms. The summed E-state index contributed by atoms with van der Waals surface area (Å²) in [5, 5.41) is 7.68. The van der Waals surface area contributed by atoms with Crippen LogP contribution in [0.15, 0.2) is 64.8 Å². The zero-order chi connectivity index (χ0) is 26.1. The number of ether oxygens (including phenoxy) is 5. The third-order valence-electron chi connectivity index (χ3n) is 4.92. The lowest BCUT2D eigenvalue weighted by Crippen LogP contribution is -2.11. The number of nitrogens with one attached hydrogen (secondary N) is 1. The molecule has 0 aliphatic heterocycles. The van der Waals surface area contributed by atoms with Crippen LogP contribution in [0.5, 0.6) is 28.7 Å². The maximum Gasteiger partial charge on any atom is 0.363 e. The molecule has 3 aromatic rings. The fraction of sp³-hybridized carbons (Fsp3) is 0.200. The highest BCUT2D eigenvalue weighted by Gasteiger charge is 2.18. The van der Waals surface area contributed by atoms with Gasteiger partial charge >= 0.3 is 5.97 Å². The quantitative estimate of drug-likeness (QED) is 0.311. The van der Waals surface area contributed by atoms with E-state index in [9.17, 15) is 9.59 Å². The Balaban J connectivity index is 1.63. The highest BCUT2D eigenvalue weighted by Crippen LogP contribution is 2.38. The molecular weight excluding hydrogens is 470 g/mol. The summed E-state index contributed by atoms with van der Waals surface area (Å²) in [7, 11) is 7.35. The van der Waals surface area contributed by atoms with Crippen molar-refractivity contribution >= 4 is 23.3 Å². The third-order valence-corrected chi connectivity index (χ3v) is 4.92. The molecule has 3 rings (SSSR count). The number of nitrogens with zero attached hydrogens (tertiary/aromatic N) is 2. The first-order valence-electron chi connectivity index (χ1n) is 10.5. The Hall–Kier alpha value is -4.80. The van der Waals surface area contributed by atoms with E-state index in [1.165, 1.54) is 53.7 Å². The molecule has 0 saturated heterocycles. The maximum absolute atomic E-state index is 12.5. The Labute approximate surface area is 207 Å². The first kappa shape index (κ1) is 25.8. The molecule has 0 aromatic heterocycles. The van der Waals surface area contributed by atoms with Crippen LogP contribution in [0.1, 0.15) is 20.7 Å². The van der Waals surface area contributed by atoms with Gasteiger partial charge in [-0.15, -0.1) is 10.2 Å². The van der Waals surface area contributed by atoms with Gasteiger partial charge in [0.2, 0.25) is 5.75 Å². The summed E-state index contributed by atoms with van der Waals surface area (Å²) in [5.41, 5.74) is 3.95. The number of anilines is 1. The molecule has 11 heteroatoms. The van der Waals surface area contributed by atoms with E-state index in [0.29, 0.717) is 45.7 Å². The van der Waals surface area contributed by atoms with Crippen molar-refractivity contribution in [2.24, 2.45) is 10.2 Å². The van der Waals surface area contributed by atoms with Gasteiger partial charge in [-0.25, -0.2) is 10.3 Å². The van der Waals surface area contributed by atoms with Gasteiger partial charge in [0.1, 0.15) is 0 Å². The van der Waals surface area contributed by atoms with Gasteiger partial charge in [-0.05, 0) is 54.6 Å². The van der Waals surface area contributed by atoms with E-state index in [1.54, 1.807) is 36.4 Å². The third kappa shape index (κ3) is 6.00. The van der Waals surface area contributed by atoms with E-state index in [0.717, 1.165) is 0 Å². The standard InChI is InChI=1S/C25H25N3O8/c1-31-19-11-6-15(12-20(19)32-2)24(29)27-26-17-7-9-18(10-8-17)28-36-25(30)16-13-21(33-3)23(35-5)22(14-16)34-4/h6-14,28H,1-5H3. The predicted molar refractivity (Wildman–Crippen MR) is 130 cm³/mol. The number of rotatable bonds is 10. The SMILES string of the molecule is COc1ccc(C(=O)N=Nc2ccc(NOC(=O)c3cc(OC)c(OC)c(OC)c3)cc2)cc1OC. The van der Waals surface area contributed by atoms with Crippen molar-refractivity contribution in [1.82, 2.24) is 0 Å². The van der Waals surface area contributed by atoms with Gasteiger partial charge in [0.25, 0.3) is 5.91 Å². The van der Waals surface area contributed by atoms with Crippen molar-refractivity contribution < 1.29 is 38.1 Å². The number of hydrogen-bond donors (Lipinski definition) is 1. The molecule has 188 valence electrons. The second-order valence-corrected chi connectivity index (χ2v) is 7.03. The number of hydrogen-bond acceptors (Lipinski definition) is 10. The monoisotopic (exact) mass is 495 g/mol. The van der Waals surface area contributed by atoms with Gasteiger partial charge in [-0.2, -0.15) is 0 Å². The van der Waals surface area contributed by atoms with E-state index in [2.05, 4.69) is 15.7 Å². The summed E-state index contributed by atoms with van der Waals surface area (Å²) >= 11 is 0. The molecule has 3 aromatic carbocycles. The molecule has 0 saturated carbocycles. The Morgan fingerprint density at radius 2 is 1.25 bits per heavy atom. The second-order valence-electron chi connectivity index (χ2n) is 7.03. The molecule has 36 heavy (non-hydrogen) atoms. The van der Waals surface area contributed by atoms with Crippen molar-refractivity contribution in [3.63, 3.8) is 0 Å². The molecule has 1 amide bonds. The molecule has 1 N–H and O–H groups in total. The van der Waals surface area contributed by atoms with E-state index >= 15 is 0 Å². The number of methoxy groups -OCH3 is 5. The molecule has 0 fully saturated rings. The normalized spacial score (nSPS) is 10.5. The molecule has 0 aliphatic rings. The van der Waals surface area contributed by atoms with Crippen LogP contribution in [0.2, 0.25) is 0 Å². The largest absolute Gasteiger partial charge is 0.493 e. The van der Waals surface area contributed by atoms with E-state index < -0.39 is 11.9 Å². The average Bonchev–Trinajstić information content (AvgIpc) is 2.93. The summed E-state index contributed by atoms with van der Waals surface area (Å²) in [4.78, 5) is 30.0. The number of benzene rings is 3. The maximum atomic E-state index is 12.5. The van der Waals surface area contributed by atoms with Crippen LogP contribution < -0.4 is 29.2 Å². The Morgan fingerprint density at radius 3 is 1.81 bits per heavy atom. The summed E-state index contributed by atoms with van der Waals surface area (Å²) < 4.78 is 26.1. The van der Waals surface area contributed by atoms with Crippen LogP contribution in [0.25, 0.3) is 0 Å². The van der Waals surface area contributed by atoms with Crippen molar-refractivity contribution in [2.45, 2.75) is 0 Å². The Bertz CT molecular complexity index is 1230. The van der Waals surface area contributed by atoms with Gasteiger partial charge < -0.3 is 28.5 Å². The van der Waals surface area contributed by atoms with Crippen LogP contribution in [0.4, 0.5) is 11.4 Å². The minimum atomic E-state index is -0.668. The lowest BCUT2D eigenvalue weighted by atomic mass is 10.2. The van der Waals surface area contributed by atoms with Crippen LogP contribution in [0, 0.1) is 0 Å². The van der Waals surface area contributed by atoms with Crippen molar-refractivity contribution in [1.29, 1.82) is 0 Å². The van der Waals surface area contributed by atoms with Crippen molar-refractivity contribution in [2.75, 3.05) is 41.0 Å². The summed E-state index contributed by atoms with van der Waals surface area (Å²) in [6, 6.07) is 14.1. The molecule has 0 heterocycles. The summed E-state index contributed by atoms with van der Waals surface area (Å²) in [6.45, 7) is 0. The van der Waals surface area contributed by atoms with E-state index in [1.807, 2.05) is 0 Å². The smallest absolute Gasteiger partial charge is 0.363 e. The zero-order valence-electron chi connectivity index (χ0n) is 20.4. The molecule has 0 atom stereocenters. The molecule has 0 radical (unpaired) electrons. The first-order valence-corrected chi connectivity index (χ1v) is 10.5. The van der Waals surface area contributed by atoms with Gasteiger partial charge in [0.15, 0.2) is 23.0 Å². The summed E-state index contributed by atoms with van der Waals surface area (Å²) in [5.74, 6) is 0.701. The fourth-order valence-electron chi connectivity index (χ4n) is 3.09. The van der Waals surface area contributed by atoms with Crippen LogP contribution >= 0.6 is 0 Å². The Kier molecular flexibility index (Phi) is 8.65. The molecule has 0 spiro atoms. The minimum absolute atomic E-state index is 0.191. The van der Waals surface area contributed by atoms with E-state index in [-0.39, 0.29) is 5.56 Å². The second kappa shape index (κ2) is 12.1. The zero-order valence-corrected chi connectivity index (χ0v) is 20.4. The lowest BCUT2D eigenvalue weighted by Gasteiger charge is -2.14. The van der Waals surface area contributed by atoms with Crippen LogP contribution in [-0.4, -0.2) is 47.4 Å². The van der Waals surface area contributed by atoms with Crippen LogP contribution in [-0.2, 0) is 4.84 Å². The topological polar surface area (TPSA) is 126 Å². The number of carbonyl (C=O) groups excluding carboxylic acids is 2. The molecule has 0 aliphatic carbocycles. The van der Waals surface area contributed by atoms with Crippen LogP contribution in [0.3, 0.4) is 0 Å². The first-order chi connectivity index (χ1) is 17.4. The van der Waals surface area contributed by atoms with Crippen molar-refractivity contribution in [3.05, 3.63) is 65.7 Å². The van der Waals surface area contributed by atoms with Gasteiger partial charge in [0, 0.05) is 5.56 Å². The van der Waals surface area contributed by atoms with Gasteiger partial charge in [-0.3, -0.25) is 4.79 Å². The average molecular weight is 495 g/mol. The summed E-state index contributed by atoms with van der Waals surface area (Å²) in [6.07, 6.45) is 0. The number of carbonyl (C=O) groups is 2. The fourth-order valence-corrected chi connectivity index (χ4v) is 3.09.